The number of hydrogen-bond acceptors (Lipinski definition) is 3. The number of fused-ring (bicyclic) bond motifs is 2. The summed E-state index contributed by atoms with van der Waals surface area (Å²) >= 11 is 0. The van der Waals surface area contributed by atoms with E-state index in [9.17, 15) is 0 Å². The van der Waals surface area contributed by atoms with Gasteiger partial charge in [0.15, 0.2) is 0 Å². The summed E-state index contributed by atoms with van der Waals surface area (Å²) in [6.45, 7) is 2.60. The van der Waals surface area contributed by atoms with Crippen molar-refractivity contribution in [3.63, 3.8) is 0 Å². The van der Waals surface area contributed by atoms with Crippen LogP contribution in [-0.2, 0) is 18.3 Å². The molecular formula is C18H21N3O. The number of aromatic nitrogens is 2. The minimum Gasteiger partial charge on any atom is -0.378 e. The van der Waals surface area contributed by atoms with E-state index in [0.29, 0.717) is 12.1 Å². The van der Waals surface area contributed by atoms with E-state index in [2.05, 4.69) is 57.9 Å². The maximum Gasteiger partial charge on any atom is 0.0948 e. The topological polar surface area (TPSA) is 30.3 Å². The molecule has 1 aromatic carbocycles. The molecule has 2 aliphatic heterocycles. The van der Waals surface area contributed by atoms with Crippen LogP contribution < -0.4 is 0 Å². The van der Waals surface area contributed by atoms with E-state index in [-0.39, 0.29) is 0 Å². The molecule has 0 amide bonds. The van der Waals surface area contributed by atoms with Crippen LogP contribution in [0.4, 0.5) is 0 Å². The molecule has 0 radical (unpaired) electrons. The van der Waals surface area contributed by atoms with Crippen molar-refractivity contribution in [1.29, 1.82) is 0 Å². The molecule has 1 fully saturated rings. The summed E-state index contributed by atoms with van der Waals surface area (Å²) in [6.07, 6.45) is 7.24. The fourth-order valence-corrected chi connectivity index (χ4v) is 3.56. The second-order valence-corrected chi connectivity index (χ2v) is 6.20. The quantitative estimate of drug-likeness (QED) is 0.871. The van der Waals surface area contributed by atoms with Gasteiger partial charge in [0, 0.05) is 19.6 Å². The maximum atomic E-state index is 5.79. The van der Waals surface area contributed by atoms with Crippen molar-refractivity contribution in [1.82, 2.24) is 14.5 Å². The van der Waals surface area contributed by atoms with Crippen molar-refractivity contribution in [2.45, 2.75) is 25.0 Å². The van der Waals surface area contributed by atoms with Crippen molar-refractivity contribution in [3.8, 4) is 0 Å². The predicted octanol–water partition coefficient (Wildman–Crippen LogP) is 2.48. The van der Waals surface area contributed by atoms with Crippen LogP contribution in [0.1, 0.15) is 17.7 Å². The van der Waals surface area contributed by atoms with Gasteiger partial charge in [-0.25, -0.2) is 4.98 Å². The number of imidazole rings is 1. The number of nitrogens with zero attached hydrogens (tertiary/aromatic N) is 3. The van der Waals surface area contributed by atoms with Gasteiger partial charge in [0.25, 0.3) is 0 Å². The van der Waals surface area contributed by atoms with Gasteiger partial charge in [-0.15, -0.1) is 0 Å². The van der Waals surface area contributed by atoms with Crippen LogP contribution in [0.15, 0.2) is 48.9 Å². The fourth-order valence-electron chi connectivity index (χ4n) is 3.56. The largest absolute Gasteiger partial charge is 0.378 e. The van der Waals surface area contributed by atoms with Gasteiger partial charge in [0.05, 0.1) is 37.5 Å². The molecule has 1 saturated heterocycles. The first-order chi connectivity index (χ1) is 10.8. The Morgan fingerprint density at radius 2 is 2.09 bits per heavy atom. The summed E-state index contributed by atoms with van der Waals surface area (Å²) in [5.74, 6) is 0. The van der Waals surface area contributed by atoms with Crippen molar-refractivity contribution in [3.05, 3.63) is 60.2 Å². The molecule has 2 atom stereocenters. The molecular weight excluding hydrogens is 274 g/mol. The summed E-state index contributed by atoms with van der Waals surface area (Å²) in [4.78, 5) is 6.84. The minimum atomic E-state index is 0.359. The highest BCUT2D eigenvalue weighted by Gasteiger charge is 2.35. The van der Waals surface area contributed by atoms with Crippen LogP contribution in [0.2, 0.25) is 0 Å². The van der Waals surface area contributed by atoms with Crippen molar-refractivity contribution in [2.24, 2.45) is 7.05 Å². The van der Waals surface area contributed by atoms with Crippen LogP contribution in [-0.4, -0.2) is 39.7 Å². The fraction of sp³-hybridized carbons (Fsp3) is 0.389. The molecule has 3 heterocycles. The lowest BCUT2D eigenvalue weighted by atomic mass is 9.92. The summed E-state index contributed by atoms with van der Waals surface area (Å²) in [5, 5.41) is 0. The molecule has 1 aromatic heterocycles. The Kier molecular flexibility index (Phi) is 3.56. The third-order valence-electron chi connectivity index (χ3n) is 4.70. The number of rotatable bonds is 3. The first-order valence-corrected chi connectivity index (χ1v) is 7.86. The Labute approximate surface area is 131 Å². The van der Waals surface area contributed by atoms with Crippen LogP contribution in [0, 0.1) is 0 Å². The van der Waals surface area contributed by atoms with E-state index in [0.717, 1.165) is 26.2 Å². The maximum absolute atomic E-state index is 5.79. The number of aryl methyl sites for hydroxylation is 1. The van der Waals surface area contributed by atoms with Crippen LogP contribution >= 0.6 is 0 Å². The predicted molar refractivity (Wildman–Crippen MR) is 86.2 cm³/mol. The van der Waals surface area contributed by atoms with Gasteiger partial charge in [-0.05, 0) is 17.6 Å². The molecule has 2 aliphatic rings. The Bertz CT molecular complexity index is 677. The summed E-state index contributed by atoms with van der Waals surface area (Å²) in [5.41, 5.74) is 4.01. The van der Waals surface area contributed by atoms with E-state index in [1.54, 1.807) is 0 Å². The first-order valence-electron chi connectivity index (χ1n) is 7.86. The summed E-state index contributed by atoms with van der Waals surface area (Å²) < 4.78 is 7.90. The molecule has 4 nitrogen and oxygen atoms in total. The third kappa shape index (κ3) is 2.49. The number of morpholine rings is 1. The third-order valence-corrected chi connectivity index (χ3v) is 4.70. The van der Waals surface area contributed by atoms with E-state index in [1.165, 1.54) is 16.8 Å². The standard InChI is InChI=1S/C18H21N3O/c1-20-13-19-9-18(20)15-7-16-11-22-12-17(8-15)21(16)10-14-5-3-2-4-6-14/h2-7,9,13,16-17H,8,10-12H2,1H3. The first kappa shape index (κ1) is 13.7. The lowest BCUT2D eigenvalue weighted by molar-refractivity contribution is -0.0403. The van der Waals surface area contributed by atoms with Crippen LogP contribution in [0.25, 0.3) is 5.57 Å². The number of ether oxygens (including phenoxy) is 1. The molecule has 4 rings (SSSR count). The molecule has 2 aromatic rings. The Morgan fingerprint density at radius 1 is 1.23 bits per heavy atom. The van der Waals surface area contributed by atoms with E-state index < -0.39 is 0 Å². The van der Waals surface area contributed by atoms with Crippen molar-refractivity contribution < 1.29 is 4.74 Å². The summed E-state index contributed by atoms with van der Waals surface area (Å²) in [7, 11) is 2.06. The lowest BCUT2D eigenvalue weighted by Crippen LogP contribution is -2.53. The van der Waals surface area contributed by atoms with Gasteiger partial charge in [-0.3, -0.25) is 4.90 Å². The Hall–Kier alpha value is -1.91. The van der Waals surface area contributed by atoms with Gasteiger partial charge < -0.3 is 9.30 Å². The molecule has 22 heavy (non-hydrogen) atoms. The molecule has 0 N–H and O–H groups in total. The van der Waals surface area contributed by atoms with Gasteiger partial charge in [-0.1, -0.05) is 36.4 Å². The van der Waals surface area contributed by atoms with Crippen LogP contribution in [0.3, 0.4) is 0 Å². The molecule has 2 unspecified atom stereocenters. The van der Waals surface area contributed by atoms with E-state index in [4.69, 9.17) is 4.74 Å². The van der Waals surface area contributed by atoms with Gasteiger partial charge >= 0.3 is 0 Å². The highest BCUT2D eigenvalue weighted by atomic mass is 16.5. The average Bonchev–Trinajstić information content (AvgIpc) is 2.94. The average molecular weight is 295 g/mol. The van der Waals surface area contributed by atoms with Gasteiger partial charge in [0.2, 0.25) is 0 Å². The molecule has 114 valence electrons. The molecule has 0 aliphatic carbocycles. The van der Waals surface area contributed by atoms with Gasteiger partial charge in [-0.2, -0.15) is 0 Å². The number of hydrogen-bond donors (Lipinski definition) is 0. The molecule has 0 saturated carbocycles. The van der Waals surface area contributed by atoms with E-state index in [1.807, 2.05) is 12.5 Å². The van der Waals surface area contributed by atoms with Crippen molar-refractivity contribution in [2.75, 3.05) is 13.2 Å². The van der Waals surface area contributed by atoms with E-state index >= 15 is 0 Å². The zero-order valence-corrected chi connectivity index (χ0v) is 12.9. The molecule has 0 spiro atoms. The molecule has 4 heteroatoms. The second-order valence-electron chi connectivity index (χ2n) is 6.20. The Balaban J connectivity index is 1.61. The Morgan fingerprint density at radius 3 is 2.82 bits per heavy atom. The highest BCUT2D eigenvalue weighted by Crippen LogP contribution is 2.33. The monoisotopic (exact) mass is 295 g/mol. The SMILES string of the molecule is Cn1cncc1C1=CC2COCC(C1)N2Cc1ccccc1. The second kappa shape index (κ2) is 5.71. The summed E-state index contributed by atoms with van der Waals surface area (Å²) in [6, 6.07) is 11.5. The zero-order valence-electron chi connectivity index (χ0n) is 12.9. The zero-order chi connectivity index (χ0) is 14.9. The number of benzene rings is 1. The lowest BCUT2D eigenvalue weighted by Gasteiger charge is -2.44. The van der Waals surface area contributed by atoms with Crippen molar-refractivity contribution >= 4 is 5.57 Å². The normalized spacial score (nSPS) is 25.0. The minimum absolute atomic E-state index is 0.359. The molecule has 2 bridgehead atoms. The van der Waals surface area contributed by atoms with Gasteiger partial charge in [0.1, 0.15) is 0 Å². The smallest absolute Gasteiger partial charge is 0.0948 e. The van der Waals surface area contributed by atoms with Crippen LogP contribution in [0.5, 0.6) is 0 Å². The highest BCUT2D eigenvalue weighted by molar-refractivity contribution is 5.65.